The summed E-state index contributed by atoms with van der Waals surface area (Å²) in [4.78, 5) is 27.9. The molecule has 1 aliphatic heterocycles. The maximum atomic E-state index is 12.5. The Morgan fingerprint density at radius 1 is 1.13 bits per heavy atom. The van der Waals surface area contributed by atoms with Gasteiger partial charge in [-0.15, -0.1) is 0 Å². The Kier molecular flexibility index (Phi) is 6.94. The Hall–Kier alpha value is -2.94. The Labute approximate surface area is 189 Å². The average molecular weight is 440 g/mol. The lowest BCUT2D eigenvalue weighted by Crippen LogP contribution is -2.49. The van der Waals surface area contributed by atoms with Crippen LogP contribution >= 0.6 is 13.5 Å². The van der Waals surface area contributed by atoms with E-state index >= 15 is 0 Å². The van der Waals surface area contributed by atoms with E-state index in [1.165, 1.54) is 0 Å². The van der Waals surface area contributed by atoms with Gasteiger partial charge in [-0.3, -0.25) is 14.5 Å². The highest BCUT2D eigenvalue weighted by atomic mass is 32.1. The molecule has 0 bridgehead atoms. The van der Waals surface area contributed by atoms with E-state index < -0.39 is 0 Å². The maximum absolute atomic E-state index is 12.5. The topological polar surface area (TPSA) is 88.8 Å². The normalized spacial score (nSPS) is 15.5. The third-order valence-corrected chi connectivity index (χ3v) is 5.43. The summed E-state index contributed by atoms with van der Waals surface area (Å²) in [6.07, 6.45) is 9.06. The van der Waals surface area contributed by atoms with Gasteiger partial charge in [-0.2, -0.15) is 18.6 Å². The number of nitrogens with one attached hydrogen (secondary N) is 1. The summed E-state index contributed by atoms with van der Waals surface area (Å²) in [6.45, 7) is 6.73. The van der Waals surface area contributed by atoms with Gasteiger partial charge in [0.05, 0.1) is 18.4 Å². The number of hydrogen-bond donors (Lipinski definition) is 1. The molecule has 31 heavy (non-hydrogen) atoms. The number of anilines is 2. The minimum atomic E-state index is -0.230. The number of aromatic nitrogens is 5. The van der Waals surface area contributed by atoms with Crippen LogP contribution in [0, 0.1) is 12.8 Å². The standard InChI is InChI=1S/C22H27N7O.H2S/c1-14(2)20-22(30)27-19-15(3)25-18(26-21(19)28(20)4)6-5-17-11-24-29(13-17)12-16-7-9-23-10-8-16;/h7-11,13-14,20H,5-6,12H2,1-4H3,(H,27,30);1H2/t20-;/m0./s1. The van der Waals surface area contributed by atoms with Crippen molar-refractivity contribution in [3.8, 4) is 0 Å². The summed E-state index contributed by atoms with van der Waals surface area (Å²) >= 11 is 0. The number of hydrogen-bond acceptors (Lipinski definition) is 6. The second-order valence-electron chi connectivity index (χ2n) is 8.11. The minimum Gasteiger partial charge on any atom is -0.346 e. The molecule has 0 unspecified atom stereocenters. The third-order valence-electron chi connectivity index (χ3n) is 5.43. The van der Waals surface area contributed by atoms with Crippen molar-refractivity contribution in [2.75, 3.05) is 17.3 Å². The number of likely N-dealkylation sites (N-methyl/N-ethyl adjacent to an activating group) is 1. The van der Waals surface area contributed by atoms with E-state index in [9.17, 15) is 4.79 Å². The summed E-state index contributed by atoms with van der Waals surface area (Å²) in [5.41, 5.74) is 3.82. The quantitative estimate of drug-likeness (QED) is 0.635. The van der Waals surface area contributed by atoms with Gasteiger partial charge in [0, 0.05) is 32.1 Å². The van der Waals surface area contributed by atoms with Crippen LogP contribution in [0.1, 0.15) is 36.5 Å². The van der Waals surface area contributed by atoms with Crippen molar-refractivity contribution >= 4 is 30.9 Å². The predicted octanol–water partition coefficient (Wildman–Crippen LogP) is 2.74. The first kappa shape index (κ1) is 22.7. The molecule has 0 spiro atoms. The Balaban J connectivity index is 0.00000272. The van der Waals surface area contributed by atoms with E-state index in [4.69, 9.17) is 4.98 Å². The molecule has 1 amide bonds. The monoisotopic (exact) mass is 439 g/mol. The van der Waals surface area contributed by atoms with E-state index in [2.05, 4.69) is 26.6 Å². The summed E-state index contributed by atoms with van der Waals surface area (Å²) in [5.74, 6) is 1.76. The van der Waals surface area contributed by atoms with Crippen LogP contribution in [0.2, 0.25) is 0 Å². The molecule has 4 rings (SSSR count). The van der Waals surface area contributed by atoms with Gasteiger partial charge in [0.2, 0.25) is 5.91 Å². The van der Waals surface area contributed by atoms with E-state index in [-0.39, 0.29) is 31.4 Å². The fourth-order valence-electron chi connectivity index (χ4n) is 3.94. The molecule has 0 saturated heterocycles. The van der Waals surface area contributed by atoms with Crippen molar-refractivity contribution in [1.82, 2.24) is 24.7 Å². The van der Waals surface area contributed by atoms with Crippen LogP contribution in [0.5, 0.6) is 0 Å². The fraction of sp³-hybridized carbons (Fsp3) is 0.409. The number of carbonyl (C=O) groups is 1. The van der Waals surface area contributed by atoms with Gasteiger partial charge in [-0.05, 0) is 42.5 Å². The molecule has 1 atom stereocenters. The van der Waals surface area contributed by atoms with Crippen LogP contribution < -0.4 is 10.2 Å². The van der Waals surface area contributed by atoms with Crippen molar-refractivity contribution in [3.63, 3.8) is 0 Å². The number of rotatable bonds is 6. The lowest BCUT2D eigenvalue weighted by atomic mass is 9.99. The van der Waals surface area contributed by atoms with Crippen LogP contribution in [-0.4, -0.2) is 43.7 Å². The molecule has 164 valence electrons. The van der Waals surface area contributed by atoms with Crippen molar-refractivity contribution < 1.29 is 4.79 Å². The van der Waals surface area contributed by atoms with Gasteiger partial charge < -0.3 is 10.2 Å². The molecule has 0 aliphatic carbocycles. The number of aryl methyl sites for hydroxylation is 3. The Morgan fingerprint density at radius 2 is 1.87 bits per heavy atom. The molecule has 0 radical (unpaired) electrons. The number of nitrogens with zero attached hydrogens (tertiary/aromatic N) is 6. The van der Waals surface area contributed by atoms with Gasteiger partial charge in [-0.1, -0.05) is 13.8 Å². The first-order valence-electron chi connectivity index (χ1n) is 10.2. The maximum Gasteiger partial charge on any atom is 0.247 e. The molecular formula is C22H29N7OS. The van der Waals surface area contributed by atoms with Crippen LogP contribution in [0.3, 0.4) is 0 Å². The third kappa shape index (κ3) is 4.87. The summed E-state index contributed by atoms with van der Waals surface area (Å²) in [6, 6.07) is 3.75. The van der Waals surface area contributed by atoms with Crippen LogP contribution in [-0.2, 0) is 24.2 Å². The molecule has 9 heteroatoms. The van der Waals surface area contributed by atoms with E-state index in [0.29, 0.717) is 12.1 Å². The first-order chi connectivity index (χ1) is 14.4. The Morgan fingerprint density at radius 3 is 2.58 bits per heavy atom. The molecule has 3 aromatic heterocycles. The average Bonchev–Trinajstić information content (AvgIpc) is 3.15. The van der Waals surface area contributed by atoms with Crippen LogP contribution in [0.15, 0.2) is 36.9 Å². The van der Waals surface area contributed by atoms with Gasteiger partial charge >= 0.3 is 0 Å². The fourth-order valence-corrected chi connectivity index (χ4v) is 3.94. The van der Waals surface area contributed by atoms with Crippen molar-refractivity contribution in [1.29, 1.82) is 0 Å². The zero-order valence-corrected chi connectivity index (χ0v) is 19.3. The predicted molar refractivity (Wildman–Crippen MR) is 126 cm³/mol. The van der Waals surface area contributed by atoms with Gasteiger partial charge in [0.25, 0.3) is 0 Å². The zero-order valence-electron chi connectivity index (χ0n) is 18.3. The zero-order chi connectivity index (χ0) is 21.3. The highest BCUT2D eigenvalue weighted by Gasteiger charge is 2.35. The molecule has 1 N–H and O–H groups in total. The second kappa shape index (κ2) is 9.47. The van der Waals surface area contributed by atoms with Crippen molar-refractivity contribution in [2.45, 2.75) is 46.2 Å². The van der Waals surface area contributed by atoms with Gasteiger partial charge in [0.1, 0.15) is 17.6 Å². The molecule has 3 aromatic rings. The lowest BCUT2D eigenvalue weighted by molar-refractivity contribution is -0.118. The number of amides is 1. The van der Waals surface area contributed by atoms with E-state index in [0.717, 1.165) is 41.4 Å². The second-order valence-corrected chi connectivity index (χ2v) is 8.11. The molecule has 0 fully saturated rings. The lowest BCUT2D eigenvalue weighted by Gasteiger charge is -2.36. The molecule has 0 aromatic carbocycles. The van der Waals surface area contributed by atoms with Gasteiger partial charge in [-0.25, -0.2) is 9.97 Å². The van der Waals surface area contributed by atoms with E-state index in [1.807, 2.05) is 55.7 Å². The van der Waals surface area contributed by atoms with Crippen molar-refractivity contribution in [2.24, 2.45) is 5.92 Å². The highest BCUT2D eigenvalue weighted by Crippen LogP contribution is 2.33. The summed E-state index contributed by atoms with van der Waals surface area (Å²) in [5, 5.41) is 7.46. The first-order valence-corrected chi connectivity index (χ1v) is 10.2. The van der Waals surface area contributed by atoms with Crippen LogP contribution in [0.25, 0.3) is 0 Å². The highest BCUT2D eigenvalue weighted by molar-refractivity contribution is 7.59. The molecule has 4 heterocycles. The molecule has 1 aliphatic rings. The number of pyridine rings is 1. The van der Waals surface area contributed by atoms with Crippen LogP contribution in [0.4, 0.5) is 11.5 Å². The Bertz CT molecular complexity index is 1050. The molecule has 0 saturated carbocycles. The van der Waals surface area contributed by atoms with Crippen molar-refractivity contribution in [3.05, 3.63) is 59.6 Å². The number of carbonyl (C=O) groups excluding carboxylic acids is 1. The minimum absolute atomic E-state index is 0. The SMILES string of the molecule is Cc1nc(CCc2cnn(Cc3ccncc3)c2)nc2c1NC(=O)[C@H](C(C)C)N2C.S. The molecular weight excluding hydrogens is 410 g/mol. The summed E-state index contributed by atoms with van der Waals surface area (Å²) < 4.78 is 1.93. The van der Waals surface area contributed by atoms with Gasteiger partial charge in [0.15, 0.2) is 5.82 Å². The summed E-state index contributed by atoms with van der Waals surface area (Å²) in [7, 11) is 1.93. The molecule has 8 nitrogen and oxygen atoms in total. The number of fused-ring (bicyclic) bond motifs is 1. The largest absolute Gasteiger partial charge is 0.346 e. The van der Waals surface area contributed by atoms with E-state index in [1.54, 1.807) is 12.4 Å². The smallest absolute Gasteiger partial charge is 0.247 e.